The molecule has 0 aliphatic heterocycles. The number of aromatic nitrogens is 1. The maximum atomic E-state index is 13.3. The smallest absolute Gasteiger partial charge is 0.124 e. The summed E-state index contributed by atoms with van der Waals surface area (Å²) in [6, 6.07) is 4.96. The molecule has 1 heterocycles. The Balaban J connectivity index is 1.90. The van der Waals surface area contributed by atoms with Crippen molar-refractivity contribution in [1.82, 2.24) is 10.3 Å². The van der Waals surface area contributed by atoms with E-state index in [2.05, 4.69) is 12.2 Å². The van der Waals surface area contributed by atoms with Gasteiger partial charge in [-0.3, -0.25) is 0 Å². The molecule has 2 nitrogen and oxygen atoms in total. The Kier molecular flexibility index (Phi) is 4.36. The van der Waals surface area contributed by atoms with Gasteiger partial charge in [0, 0.05) is 22.9 Å². The molecule has 1 aromatic carbocycles. The van der Waals surface area contributed by atoms with Crippen molar-refractivity contribution in [2.75, 3.05) is 6.54 Å². The van der Waals surface area contributed by atoms with Gasteiger partial charge in [0.2, 0.25) is 0 Å². The Bertz CT molecular complexity index is 632. The van der Waals surface area contributed by atoms with Gasteiger partial charge in [-0.2, -0.15) is 0 Å². The van der Waals surface area contributed by atoms with Crippen LogP contribution in [0, 0.1) is 12.7 Å². The van der Waals surface area contributed by atoms with Crippen molar-refractivity contribution in [3.8, 4) is 10.6 Å². The van der Waals surface area contributed by atoms with E-state index in [4.69, 9.17) is 4.98 Å². The lowest BCUT2D eigenvalue weighted by molar-refractivity contribution is 0.627. The van der Waals surface area contributed by atoms with Gasteiger partial charge >= 0.3 is 0 Å². The molecular formula is C17H21FN2S. The first-order chi connectivity index (χ1) is 10.2. The van der Waals surface area contributed by atoms with Crippen LogP contribution in [0.3, 0.4) is 0 Å². The summed E-state index contributed by atoms with van der Waals surface area (Å²) in [5.41, 5.74) is 3.28. The Morgan fingerprint density at radius 1 is 1.38 bits per heavy atom. The Hall–Kier alpha value is -1.26. The maximum absolute atomic E-state index is 13.3. The number of nitrogens with zero attached hydrogens (tertiary/aromatic N) is 1. The van der Waals surface area contributed by atoms with Crippen LogP contribution in [-0.2, 0) is 6.54 Å². The standard InChI is InChI=1S/C17H21FN2S/c1-3-8-19-10-15-16(12-4-5-12)20-17(21-15)14-7-6-13(18)9-11(14)2/h6-7,9,12,19H,3-5,8,10H2,1-2H3. The molecule has 0 unspecified atom stereocenters. The fourth-order valence-corrected chi connectivity index (χ4v) is 3.73. The van der Waals surface area contributed by atoms with Gasteiger partial charge in [-0.1, -0.05) is 6.92 Å². The van der Waals surface area contributed by atoms with Crippen molar-refractivity contribution in [3.63, 3.8) is 0 Å². The Morgan fingerprint density at radius 2 is 2.19 bits per heavy atom. The second kappa shape index (κ2) is 6.24. The van der Waals surface area contributed by atoms with E-state index in [1.807, 2.05) is 13.0 Å². The average Bonchev–Trinajstić information content (AvgIpc) is 3.21. The van der Waals surface area contributed by atoms with Crippen LogP contribution >= 0.6 is 11.3 Å². The second-order valence-electron chi connectivity index (χ2n) is 5.74. The first-order valence-electron chi connectivity index (χ1n) is 7.66. The highest BCUT2D eigenvalue weighted by Gasteiger charge is 2.29. The molecule has 1 N–H and O–H groups in total. The molecule has 2 aromatic rings. The SMILES string of the molecule is CCCNCc1sc(-c2ccc(F)cc2C)nc1C1CC1. The number of rotatable bonds is 6. The van der Waals surface area contributed by atoms with Gasteiger partial charge in [0.05, 0.1) is 5.69 Å². The van der Waals surface area contributed by atoms with E-state index in [-0.39, 0.29) is 5.82 Å². The highest BCUT2D eigenvalue weighted by atomic mass is 32.1. The van der Waals surface area contributed by atoms with Gasteiger partial charge in [-0.15, -0.1) is 11.3 Å². The van der Waals surface area contributed by atoms with E-state index >= 15 is 0 Å². The highest BCUT2D eigenvalue weighted by Crippen LogP contribution is 2.44. The normalized spacial score (nSPS) is 14.6. The maximum Gasteiger partial charge on any atom is 0.124 e. The lowest BCUT2D eigenvalue weighted by Gasteiger charge is -2.02. The van der Waals surface area contributed by atoms with Crippen LogP contribution in [0.5, 0.6) is 0 Å². The predicted octanol–water partition coefficient (Wildman–Crippen LogP) is 4.63. The van der Waals surface area contributed by atoms with Crippen LogP contribution in [0.2, 0.25) is 0 Å². The fraction of sp³-hybridized carbons (Fsp3) is 0.471. The molecule has 1 aliphatic rings. The van der Waals surface area contributed by atoms with Crippen molar-refractivity contribution in [2.45, 2.75) is 45.6 Å². The summed E-state index contributed by atoms with van der Waals surface area (Å²) in [7, 11) is 0. The van der Waals surface area contributed by atoms with Crippen LogP contribution in [-0.4, -0.2) is 11.5 Å². The largest absolute Gasteiger partial charge is 0.312 e. The number of thiazole rings is 1. The van der Waals surface area contributed by atoms with Crippen molar-refractivity contribution < 1.29 is 4.39 Å². The molecule has 1 fully saturated rings. The quantitative estimate of drug-likeness (QED) is 0.787. The molecule has 1 aromatic heterocycles. The predicted molar refractivity (Wildman–Crippen MR) is 86.2 cm³/mol. The van der Waals surface area contributed by atoms with Crippen molar-refractivity contribution in [3.05, 3.63) is 40.2 Å². The summed E-state index contributed by atoms with van der Waals surface area (Å²) < 4.78 is 13.3. The topological polar surface area (TPSA) is 24.9 Å². The zero-order chi connectivity index (χ0) is 14.8. The Morgan fingerprint density at radius 3 is 2.86 bits per heavy atom. The molecule has 0 spiro atoms. The molecule has 1 aliphatic carbocycles. The summed E-state index contributed by atoms with van der Waals surface area (Å²) in [5.74, 6) is 0.467. The molecule has 0 saturated heterocycles. The number of hydrogen-bond donors (Lipinski definition) is 1. The van der Waals surface area contributed by atoms with Crippen LogP contribution < -0.4 is 5.32 Å². The molecule has 3 rings (SSSR count). The van der Waals surface area contributed by atoms with E-state index in [9.17, 15) is 4.39 Å². The number of benzene rings is 1. The van der Waals surface area contributed by atoms with Crippen molar-refractivity contribution in [1.29, 1.82) is 0 Å². The van der Waals surface area contributed by atoms with Gasteiger partial charge in [-0.25, -0.2) is 9.37 Å². The molecule has 0 atom stereocenters. The summed E-state index contributed by atoms with van der Waals surface area (Å²) in [5, 5.41) is 4.50. The third-order valence-corrected chi connectivity index (χ3v) is 4.93. The molecule has 21 heavy (non-hydrogen) atoms. The summed E-state index contributed by atoms with van der Waals surface area (Å²) >= 11 is 1.76. The summed E-state index contributed by atoms with van der Waals surface area (Å²) in [6.07, 6.45) is 3.65. The van der Waals surface area contributed by atoms with E-state index in [0.717, 1.165) is 35.6 Å². The molecule has 1 saturated carbocycles. The fourth-order valence-electron chi connectivity index (χ4n) is 2.53. The Labute approximate surface area is 129 Å². The summed E-state index contributed by atoms with van der Waals surface area (Å²) in [4.78, 5) is 6.22. The molecule has 4 heteroatoms. The van der Waals surface area contributed by atoms with Gasteiger partial charge in [0.1, 0.15) is 10.8 Å². The number of hydrogen-bond acceptors (Lipinski definition) is 3. The average molecular weight is 304 g/mol. The molecule has 112 valence electrons. The molecular weight excluding hydrogens is 283 g/mol. The molecule has 0 radical (unpaired) electrons. The minimum atomic E-state index is -0.181. The first-order valence-corrected chi connectivity index (χ1v) is 8.47. The summed E-state index contributed by atoms with van der Waals surface area (Å²) in [6.45, 7) is 6.06. The number of halogens is 1. The number of nitrogens with one attached hydrogen (secondary N) is 1. The third-order valence-electron chi connectivity index (χ3n) is 3.82. The van der Waals surface area contributed by atoms with Crippen LogP contribution in [0.25, 0.3) is 10.6 Å². The van der Waals surface area contributed by atoms with Gasteiger partial charge < -0.3 is 5.32 Å². The van der Waals surface area contributed by atoms with Crippen molar-refractivity contribution >= 4 is 11.3 Å². The van der Waals surface area contributed by atoms with Crippen LogP contribution in [0.15, 0.2) is 18.2 Å². The van der Waals surface area contributed by atoms with Gasteiger partial charge in [0.15, 0.2) is 0 Å². The van der Waals surface area contributed by atoms with E-state index in [0.29, 0.717) is 5.92 Å². The lowest BCUT2D eigenvalue weighted by atomic mass is 10.1. The van der Waals surface area contributed by atoms with Crippen LogP contribution in [0.1, 0.15) is 48.2 Å². The molecule has 0 amide bonds. The minimum absolute atomic E-state index is 0.181. The van der Waals surface area contributed by atoms with E-state index < -0.39 is 0 Å². The zero-order valence-corrected chi connectivity index (χ0v) is 13.4. The molecule has 0 bridgehead atoms. The van der Waals surface area contributed by atoms with Crippen LogP contribution in [0.4, 0.5) is 4.39 Å². The third kappa shape index (κ3) is 3.33. The zero-order valence-electron chi connectivity index (χ0n) is 12.6. The van der Waals surface area contributed by atoms with Gasteiger partial charge in [0.25, 0.3) is 0 Å². The second-order valence-corrected chi connectivity index (χ2v) is 6.82. The van der Waals surface area contributed by atoms with Gasteiger partial charge in [-0.05, 0) is 56.5 Å². The monoisotopic (exact) mass is 304 g/mol. The van der Waals surface area contributed by atoms with E-state index in [1.165, 1.54) is 29.5 Å². The first kappa shape index (κ1) is 14.7. The van der Waals surface area contributed by atoms with Crippen molar-refractivity contribution in [2.24, 2.45) is 0 Å². The van der Waals surface area contributed by atoms with E-state index in [1.54, 1.807) is 17.4 Å². The lowest BCUT2D eigenvalue weighted by Crippen LogP contribution is -2.13. The number of aryl methyl sites for hydroxylation is 1. The minimum Gasteiger partial charge on any atom is -0.312 e. The highest BCUT2D eigenvalue weighted by molar-refractivity contribution is 7.15.